The number of carbonyl (C=O) groups is 1. The van der Waals surface area contributed by atoms with Crippen molar-refractivity contribution in [1.82, 2.24) is 14.9 Å². The van der Waals surface area contributed by atoms with Crippen LogP contribution in [-0.4, -0.2) is 41.0 Å². The summed E-state index contributed by atoms with van der Waals surface area (Å²) in [5.74, 6) is 0.378. The summed E-state index contributed by atoms with van der Waals surface area (Å²) in [5.41, 5.74) is 3.52. The fourth-order valence-corrected chi connectivity index (χ4v) is 3.18. The third-order valence-corrected chi connectivity index (χ3v) is 4.51. The minimum atomic E-state index is 0.0201. The summed E-state index contributed by atoms with van der Waals surface area (Å²) in [4.78, 5) is 16.3. The molecule has 1 aromatic heterocycles. The van der Waals surface area contributed by atoms with Gasteiger partial charge in [0.25, 0.3) is 0 Å². The number of thioether (sulfide) groups is 1. The van der Waals surface area contributed by atoms with Crippen LogP contribution >= 0.6 is 11.8 Å². The molecule has 0 aliphatic rings. The molecule has 0 fully saturated rings. The highest BCUT2D eigenvalue weighted by Gasteiger charge is 2.10. The third-order valence-electron chi connectivity index (χ3n) is 3.54. The summed E-state index contributed by atoms with van der Waals surface area (Å²) >= 11 is 1.45. The van der Waals surface area contributed by atoms with Gasteiger partial charge in [-0.15, -0.1) is 0 Å². The van der Waals surface area contributed by atoms with E-state index in [-0.39, 0.29) is 5.91 Å². The maximum Gasteiger partial charge on any atom is 0.230 e. The molecule has 0 unspecified atom stereocenters. The van der Waals surface area contributed by atoms with Gasteiger partial charge in [0.2, 0.25) is 5.91 Å². The normalized spacial score (nSPS) is 10.8. The van der Waals surface area contributed by atoms with E-state index in [1.54, 1.807) is 6.20 Å². The molecule has 0 radical (unpaired) electrons. The topological polar surface area (TPSA) is 56.1 Å². The highest BCUT2D eigenvalue weighted by Crippen LogP contribution is 2.23. The zero-order valence-electron chi connectivity index (χ0n) is 14.5. The Labute approximate surface area is 147 Å². The predicted molar refractivity (Wildman–Crippen MR) is 97.9 cm³/mol. The van der Waals surface area contributed by atoms with Crippen LogP contribution in [-0.2, 0) is 9.53 Å². The van der Waals surface area contributed by atoms with Gasteiger partial charge in [-0.25, -0.2) is 4.98 Å². The van der Waals surface area contributed by atoms with Crippen molar-refractivity contribution in [3.8, 4) is 5.69 Å². The second-order valence-corrected chi connectivity index (χ2v) is 6.50. The molecule has 0 saturated heterocycles. The van der Waals surface area contributed by atoms with Crippen LogP contribution in [0.4, 0.5) is 0 Å². The molecule has 1 N–H and O–H groups in total. The minimum Gasteiger partial charge on any atom is -0.382 e. The Balaban J connectivity index is 1.88. The quantitative estimate of drug-likeness (QED) is 0.559. The number of amides is 1. The van der Waals surface area contributed by atoms with Crippen LogP contribution in [0.1, 0.15) is 24.5 Å². The van der Waals surface area contributed by atoms with Gasteiger partial charge in [-0.2, -0.15) is 0 Å². The molecule has 1 heterocycles. The molecule has 130 valence electrons. The van der Waals surface area contributed by atoms with E-state index in [4.69, 9.17) is 4.74 Å². The molecule has 5 nitrogen and oxygen atoms in total. The number of imidazole rings is 1. The van der Waals surface area contributed by atoms with E-state index in [0.717, 1.165) is 17.3 Å². The Hall–Kier alpha value is -1.79. The van der Waals surface area contributed by atoms with E-state index in [2.05, 4.69) is 42.3 Å². The average molecular weight is 347 g/mol. The first-order valence-corrected chi connectivity index (χ1v) is 9.18. The lowest BCUT2D eigenvalue weighted by atomic mass is 10.1. The number of hydrogen-bond acceptors (Lipinski definition) is 4. The minimum absolute atomic E-state index is 0.0201. The summed E-state index contributed by atoms with van der Waals surface area (Å²) in [5, 5.41) is 3.73. The fraction of sp³-hybridized carbons (Fsp3) is 0.444. The Kier molecular flexibility index (Phi) is 7.34. The lowest BCUT2D eigenvalue weighted by Crippen LogP contribution is -2.27. The first-order valence-electron chi connectivity index (χ1n) is 8.20. The second-order valence-electron chi connectivity index (χ2n) is 5.56. The standard InChI is InChI=1S/C18H25N3O2S/c1-4-23-11-5-8-19-17(22)13-24-18-20-9-10-21(18)16-7-6-14(2)12-15(16)3/h6-7,9-10,12H,4-5,8,11,13H2,1-3H3,(H,19,22). The van der Waals surface area contributed by atoms with E-state index >= 15 is 0 Å². The van der Waals surface area contributed by atoms with Crippen molar-refractivity contribution in [2.24, 2.45) is 0 Å². The van der Waals surface area contributed by atoms with Gasteiger partial charge >= 0.3 is 0 Å². The number of nitrogens with one attached hydrogen (secondary N) is 1. The van der Waals surface area contributed by atoms with Gasteiger partial charge in [0.1, 0.15) is 0 Å². The van der Waals surface area contributed by atoms with Gasteiger partial charge in [-0.05, 0) is 38.8 Å². The molecule has 6 heteroatoms. The molecule has 0 atom stereocenters. The molecule has 0 bridgehead atoms. The Morgan fingerprint density at radius 3 is 2.96 bits per heavy atom. The van der Waals surface area contributed by atoms with Crippen molar-refractivity contribution in [3.05, 3.63) is 41.7 Å². The van der Waals surface area contributed by atoms with Crippen molar-refractivity contribution in [3.63, 3.8) is 0 Å². The van der Waals surface area contributed by atoms with E-state index < -0.39 is 0 Å². The molecule has 2 rings (SSSR count). The van der Waals surface area contributed by atoms with Crippen molar-refractivity contribution in [2.75, 3.05) is 25.5 Å². The Morgan fingerprint density at radius 1 is 1.38 bits per heavy atom. The maximum atomic E-state index is 11.9. The Bertz CT molecular complexity index is 670. The fourth-order valence-electron chi connectivity index (χ4n) is 2.38. The summed E-state index contributed by atoms with van der Waals surface area (Å²) in [6.07, 6.45) is 4.53. The SMILES string of the molecule is CCOCCCNC(=O)CSc1nccn1-c1ccc(C)cc1C. The number of carbonyl (C=O) groups excluding carboxylic acids is 1. The van der Waals surface area contributed by atoms with E-state index in [9.17, 15) is 4.79 Å². The summed E-state index contributed by atoms with van der Waals surface area (Å²) < 4.78 is 7.28. The molecule has 1 amide bonds. The first kappa shape index (κ1) is 18.5. The highest BCUT2D eigenvalue weighted by molar-refractivity contribution is 7.99. The predicted octanol–water partition coefficient (Wildman–Crippen LogP) is 3.12. The third kappa shape index (κ3) is 5.39. The van der Waals surface area contributed by atoms with E-state index in [1.807, 2.05) is 17.7 Å². The van der Waals surface area contributed by atoms with Gasteiger partial charge in [0.15, 0.2) is 5.16 Å². The number of rotatable bonds is 9. The average Bonchev–Trinajstić information content (AvgIpc) is 3.01. The summed E-state index contributed by atoms with van der Waals surface area (Å²) in [7, 11) is 0. The van der Waals surface area contributed by atoms with Crippen LogP contribution in [0, 0.1) is 13.8 Å². The molecule has 24 heavy (non-hydrogen) atoms. The lowest BCUT2D eigenvalue weighted by Gasteiger charge is -2.11. The largest absolute Gasteiger partial charge is 0.382 e. The van der Waals surface area contributed by atoms with E-state index in [0.29, 0.717) is 25.5 Å². The zero-order valence-corrected chi connectivity index (χ0v) is 15.4. The summed E-state index contributed by atoms with van der Waals surface area (Å²) in [6.45, 7) is 8.17. The summed E-state index contributed by atoms with van der Waals surface area (Å²) in [6, 6.07) is 6.32. The maximum absolute atomic E-state index is 11.9. The molecular formula is C18H25N3O2S. The number of nitrogens with zero attached hydrogens (tertiary/aromatic N) is 2. The van der Waals surface area contributed by atoms with Crippen LogP contribution in [0.25, 0.3) is 5.69 Å². The van der Waals surface area contributed by atoms with Gasteiger partial charge in [0.05, 0.1) is 11.4 Å². The number of ether oxygens (including phenoxy) is 1. The van der Waals surface area contributed by atoms with Gasteiger partial charge in [0, 0.05) is 32.2 Å². The van der Waals surface area contributed by atoms with E-state index in [1.165, 1.54) is 22.9 Å². The second kappa shape index (κ2) is 9.49. The highest BCUT2D eigenvalue weighted by atomic mass is 32.2. The van der Waals surface area contributed by atoms with Crippen LogP contribution in [0.5, 0.6) is 0 Å². The molecule has 1 aromatic carbocycles. The zero-order chi connectivity index (χ0) is 17.4. The van der Waals surface area contributed by atoms with Gasteiger partial charge in [-0.3, -0.25) is 9.36 Å². The van der Waals surface area contributed by atoms with Crippen molar-refractivity contribution < 1.29 is 9.53 Å². The van der Waals surface area contributed by atoms with Crippen LogP contribution in [0.3, 0.4) is 0 Å². The molecular weight excluding hydrogens is 322 g/mol. The van der Waals surface area contributed by atoms with Crippen LogP contribution < -0.4 is 5.32 Å². The molecule has 0 aliphatic carbocycles. The van der Waals surface area contributed by atoms with Crippen molar-refractivity contribution in [1.29, 1.82) is 0 Å². The van der Waals surface area contributed by atoms with Crippen LogP contribution in [0.15, 0.2) is 35.7 Å². The molecule has 2 aromatic rings. The molecule has 0 aliphatic heterocycles. The first-order chi connectivity index (χ1) is 11.6. The van der Waals surface area contributed by atoms with Crippen molar-refractivity contribution in [2.45, 2.75) is 32.3 Å². The monoisotopic (exact) mass is 347 g/mol. The number of benzene rings is 1. The Morgan fingerprint density at radius 2 is 2.21 bits per heavy atom. The van der Waals surface area contributed by atoms with Crippen molar-refractivity contribution >= 4 is 17.7 Å². The van der Waals surface area contributed by atoms with Gasteiger partial charge < -0.3 is 10.1 Å². The number of aromatic nitrogens is 2. The molecule has 0 spiro atoms. The smallest absolute Gasteiger partial charge is 0.230 e. The van der Waals surface area contributed by atoms with Crippen LogP contribution in [0.2, 0.25) is 0 Å². The lowest BCUT2D eigenvalue weighted by molar-refractivity contribution is -0.118. The molecule has 0 saturated carbocycles. The van der Waals surface area contributed by atoms with Gasteiger partial charge in [-0.1, -0.05) is 29.5 Å². The number of aryl methyl sites for hydroxylation is 2. The number of hydrogen-bond donors (Lipinski definition) is 1.